The van der Waals surface area contributed by atoms with Crippen LogP contribution in [0.15, 0.2) is 11.3 Å². The summed E-state index contributed by atoms with van der Waals surface area (Å²) in [5.74, 6) is -0.855. The van der Waals surface area contributed by atoms with Gasteiger partial charge in [0, 0.05) is 19.4 Å². The van der Waals surface area contributed by atoms with Crippen LogP contribution in [0.1, 0.15) is 25.7 Å². The third kappa shape index (κ3) is 1.29. The zero-order chi connectivity index (χ0) is 12.2. The van der Waals surface area contributed by atoms with Crippen molar-refractivity contribution in [3.63, 3.8) is 0 Å². The number of carboxylic acids is 1. The van der Waals surface area contributed by atoms with E-state index in [-0.39, 0.29) is 29.7 Å². The molecule has 2 unspecified atom stereocenters. The number of β-lactam (4-membered cyclic amide) rings is 1. The third-order valence-corrected chi connectivity index (χ3v) is 4.18. The molecule has 3 atom stereocenters. The molecule has 17 heavy (non-hydrogen) atoms. The highest BCUT2D eigenvalue weighted by Gasteiger charge is 2.55. The minimum atomic E-state index is -0.996. The Balaban J connectivity index is 2.07. The molecule has 0 bridgehead atoms. The predicted octanol–water partition coefficient (Wildman–Crippen LogP) is 0.755. The van der Waals surface area contributed by atoms with Gasteiger partial charge < -0.3 is 14.7 Å². The summed E-state index contributed by atoms with van der Waals surface area (Å²) < 4.78 is 5.39. The lowest BCUT2D eigenvalue weighted by Gasteiger charge is -2.39. The lowest BCUT2D eigenvalue weighted by molar-refractivity contribution is -0.148. The fourth-order valence-corrected chi connectivity index (χ4v) is 3.46. The smallest absolute Gasteiger partial charge is 0.352 e. The quantitative estimate of drug-likeness (QED) is 0.720. The summed E-state index contributed by atoms with van der Waals surface area (Å²) in [7, 11) is 1.61. The molecule has 3 rings (SSSR count). The normalized spacial score (nSPS) is 35.5. The van der Waals surface area contributed by atoms with Crippen molar-refractivity contribution in [2.24, 2.45) is 5.92 Å². The van der Waals surface area contributed by atoms with Crippen molar-refractivity contribution in [3.05, 3.63) is 11.3 Å². The Bertz CT molecular complexity index is 428. The van der Waals surface area contributed by atoms with Crippen LogP contribution in [0.2, 0.25) is 0 Å². The molecule has 1 amide bonds. The van der Waals surface area contributed by atoms with E-state index in [2.05, 4.69) is 0 Å². The molecule has 3 aliphatic rings. The number of aliphatic carboxylic acids is 1. The van der Waals surface area contributed by atoms with E-state index in [1.165, 1.54) is 4.90 Å². The fraction of sp³-hybridized carbons (Fsp3) is 0.667. The largest absolute Gasteiger partial charge is 0.477 e. The second kappa shape index (κ2) is 3.57. The van der Waals surface area contributed by atoms with Gasteiger partial charge in [-0.25, -0.2) is 4.79 Å². The van der Waals surface area contributed by atoms with E-state index >= 15 is 0 Å². The lowest BCUT2D eigenvalue weighted by Crippen LogP contribution is -2.52. The standard InChI is InChI=1S/C12H15NO4/c1-17-8-4-2-3-6-7-5-9(14)13(7)11(10(6)8)12(15)16/h6-8H,2-5H2,1H3,(H,15,16)/t6?,7?,8-/m0/s1. The molecule has 1 saturated carbocycles. The van der Waals surface area contributed by atoms with Crippen LogP contribution in [0.4, 0.5) is 0 Å². The zero-order valence-corrected chi connectivity index (χ0v) is 9.68. The number of methoxy groups -OCH3 is 1. The summed E-state index contributed by atoms with van der Waals surface area (Å²) in [6, 6.07) is 0.0848. The number of carbonyl (C=O) groups excluding carboxylic acids is 1. The van der Waals surface area contributed by atoms with Crippen molar-refractivity contribution >= 4 is 11.9 Å². The summed E-state index contributed by atoms with van der Waals surface area (Å²) in [6.07, 6.45) is 3.23. The summed E-state index contributed by atoms with van der Waals surface area (Å²) in [4.78, 5) is 24.4. The van der Waals surface area contributed by atoms with Crippen LogP contribution >= 0.6 is 0 Å². The van der Waals surface area contributed by atoms with Crippen LogP contribution in [0, 0.1) is 5.92 Å². The molecular weight excluding hydrogens is 222 g/mol. The van der Waals surface area contributed by atoms with E-state index in [4.69, 9.17) is 4.74 Å². The molecule has 92 valence electrons. The molecule has 0 spiro atoms. The van der Waals surface area contributed by atoms with E-state index in [0.717, 1.165) is 24.8 Å². The number of hydrogen-bond acceptors (Lipinski definition) is 3. The lowest BCUT2D eigenvalue weighted by atomic mass is 9.77. The summed E-state index contributed by atoms with van der Waals surface area (Å²) >= 11 is 0. The molecule has 2 fully saturated rings. The molecule has 5 heteroatoms. The first-order chi connectivity index (χ1) is 8.15. The van der Waals surface area contributed by atoms with Gasteiger partial charge >= 0.3 is 5.97 Å². The first-order valence-electron chi connectivity index (χ1n) is 5.97. The number of fused-ring (bicyclic) bond motifs is 3. The van der Waals surface area contributed by atoms with Gasteiger partial charge in [-0.15, -0.1) is 0 Å². The van der Waals surface area contributed by atoms with Crippen molar-refractivity contribution in [1.82, 2.24) is 4.90 Å². The van der Waals surface area contributed by atoms with Crippen molar-refractivity contribution < 1.29 is 19.4 Å². The maximum absolute atomic E-state index is 11.6. The van der Waals surface area contributed by atoms with Crippen LogP contribution in [-0.4, -0.2) is 41.1 Å². The van der Waals surface area contributed by atoms with Crippen LogP contribution in [-0.2, 0) is 14.3 Å². The number of nitrogens with zero attached hydrogens (tertiary/aromatic N) is 1. The highest BCUT2D eigenvalue weighted by molar-refractivity contribution is 5.98. The second-order valence-electron chi connectivity index (χ2n) is 4.91. The Morgan fingerprint density at radius 2 is 2.24 bits per heavy atom. The van der Waals surface area contributed by atoms with E-state index in [0.29, 0.717) is 6.42 Å². The topological polar surface area (TPSA) is 66.8 Å². The molecule has 0 aromatic rings. The van der Waals surface area contributed by atoms with Gasteiger partial charge in [-0.3, -0.25) is 4.79 Å². The molecule has 5 nitrogen and oxygen atoms in total. The van der Waals surface area contributed by atoms with E-state index in [1.807, 2.05) is 0 Å². The molecule has 0 radical (unpaired) electrons. The molecule has 2 heterocycles. The highest BCUT2D eigenvalue weighted by atomic mass is 16.5. The maximum atomic E-state index is 11.6. The second-order valence-corrected chi connectivity index (χ2v) is 4.91. The monoisotopic (exact) mass is 237 g/mol. The highest BCUT2D eigenvalue weighted by Crippen LogP contribution is 2.49. The molecular formula is C12H15NO4. The molecule has 1 aliphatic carbocycles. The Morgan fingerprint density at radius 3 is 2.82 bits per heavy atom. The Kier molecular flexibility index (Phi) is 2.26. The number of carbonyl (C=O) groups is 2. The van der Waals surface area contributed by atoms with Gasteiger partial charge in [0.2, 0.25) is 5.91 Å². The number of hydrogen-bond donors (Lipinski definition) is 1. The predicted molar refractivity (Wildman–Crippen MR) is 58.1 cm³/mol. The number of carboxylic acid groups (broad SMARTS) is 1. The van der Waals surface area contributed by atoms with Gasteiger partial charge in [0.15, 0.2) is 0 Å². The molecule has 1 saturated heterocycles. The van der Waals surface area contributed by atoms with Gasteiger partial charge in [-0.1, -0.05) is 0 Å². The van der Waals surface area contributed by atoms with Gasteiger partial charge in [-0.2, -0.15) is 0 Å². The average Bonchev–Trinajstić information content (AvgIpc) is 2.58. The van der Waals surface area contributed by atoms with Crippen LogP contribution in [0.5, 0.6) is 0 Å². The Labute approximate surface area is 99.0 Å². The third-order valence-electron chi connectivity index (χ3n) is 4.18. The molecule has 0 aromatic heterocycles. The van der Waals surface area contributed by atoms with Crippen molar-refractivity contribution in [2.45, 2.75) is 37.8 Å². The van der Waals surface area contributed by atoms with Gasteiger partial charge in [-0.05, 0) is 24.8 Å². The first-order valence-corrected chi connectivity index (χ1v) is 5.97. The number of amides is 1. The van der Waals surface area contributed by atoms with Crippen molar-refractivity contribution in [2.75, 3.05) is 7.11 Å². The van der Waals surface area contributed by atoms with Crippen LogP contribution < -0.4 is 0 Å². The van der Waals surface area contributed by atoms with E-state index in [9.17, 15) is 14.7 Å². The van der Waals surface area contributed by atoms with Crippen LogP contribution in [0.3, 0.4) is 0 Å². The van der Waals surface area contributed by atoms with Gasteiger partial charge in [0.1, 0.15) is 5.70 Å². The van der Waals surface area contributed by atoms with E-state index in [1.54, 1.807) is 7.11 Å². The average molecular weight is 237 g/mol. The Hall–Kier alpha value is -1.36. The van der Waals surface area contributed by atoms with Crippen molar-refractivity contribution in [3.8, 4) is 0 Å². The molecule has 0 aromatic carbocycles. The fourth-order valence-electron chi connectivity index (χ4n) is 3.46. The minimum Gasteiger partial charge on any atom is -0.477 e. The minimum absolute atomic E-state index is 0.0656. The van der Waals surface area contributed by atoms with E-state index < -0.39 is 5.97 Å². The van der Waals surface area contributed by atoms with Crippen molar-refractivity contribution in [1.29, 1.82) is 0 Å². The number of rotatable bonds is 2. The van der Waals surface area contributed by atoms with Gasteiger partial charge in [0.05, 0.1) is 12.1 Å². The zero-order valence-electron chi connectivity index (χ0n) is 9.68. The summed E-state index contributed by atoms with van der Waals surface area (Å²) in [5.41, 5.74) is 1.05. The van der Waals surface area contributed by atoms with Gasteiger partial charge in [0.25, 0.3) is 0 Å². The molecule has 2 aliphatic heterocycles. The number of ether oxygens (including phenoxy) is 1. The SMILES string of the molecule is CO[C@H]1CCCC2C1=C(C(=O)O)N1C(=O)CC21. The summed E-state index contributed by atoms with van der Waals surface area (Å²) in [6.45, 7) is 0. The Morgan fingerprint density at radius 1 is 1.47 bits per heavy atom. The molecule has 1 N–H and O–H groups in total. The maximum Gasteiger partial charge on any atom is 0.352 e. The summed E-state index contributed by atoms with van der Waals surface area (Å²) in [5, 5.41) is 9.30. The van der Waals surface area contributed by atoms with Crippen LogP contribution in [0.25, 0.3) is 0 Å². The first kappa shape index (κ1) is 10.8.